The molecule has 0 heterocycles. The normalized spacial score (nSPS) is 15.0. The minimum absolute atomic E-state index is 0.0776. The average molecular weight is 221 g/mol. The molecule has 0 aliphatic rings. The molecule has 0 aliphatic carbocycles. The van der Waals surface area contributed by atoms with Crippen molar-refractivity contribution in [1.82, 2.24) is 0 Å². The van der Waals surface area contributed by atoms with Crippen molar-refractivity contribution in [2.75, 3.05) is 0 Å². The van der Waals surface area contributed by atoms with Crippen LogP contribution in [0.1, 0.15) is 27.2 Å². The van der Waals surface area contributed by atoms with E-state index >= 15 is 0 Å². The molecule has 0 aromatic rings. The zero-order valence-electron chi connectivity index (χ0n) is 9.70. The molecule has 0 radical (unpaired) electrons. The largest absolute Gasteiger partial charge is 0.198 e. The topological polar surface area (TPSA) is 23.8 Å². The van der Waals surface area contributed by atoms with Gasteiger partial charge < -0.3 is 0 Å². The summed E-state index contributed by atoms with van der Waals surface area (Å²) in [5, 5.41) is 9.02. The predicted octanol–water partition coefficient (Wildman–Crippen LogP) is 3.91. The van der Waals surface area contributed by atoms with E-state index in [2.05, 4.69) is 25.3 Å². The van der Waals surface area contributed by atoms with Crippen LogP contribution in [0.25, 0.3) is 0 Å². The Morgan fingerprint density at radius 1 is 1.60 bits per heavy atom. The maximum absolute atomic E-state index is 8.94. The van der Waals surface area contributed by atoms with Crippen molar-refractivity contribution in [3.63, 3.8) is 0 Å². The molecule has 0 saturated heterocycles. The molecule has 0 fully saturated rings. The van der Waals surface area contributed by atoms with Crippen LogP contribution in [0.4, 0.5) is 0 Å². The summed E-state index contributed by atoms with van der Waals surface area (Å²) in [7, 11) is 0. The second kappa shape index (κ2) is 6.53. The first-order valence-corrected chi connectivity index (χ1v) is 5.53. The summed E-state index contributed by atoms with van der Waals surface area (Å²) in [5.41, 5.74) is 0.757. The number of allylic oxidation sites excluding steroid dienone is 4. The van der Waals surface area contributed by atoms with Crippen molar-refractivity contribution < 1.29 is 0 Å². The minimum Gasteiger partial charge on any atom is -0.198 e. The Morgan fingerprint density at radius 2 is 2.20 bits per heavy atom. The van der Waals surface area contributed by atoms with Crippen LogP contribution in [0.2, 0.25) is 0 Å². The second-order valence-electron chi connectivity index (χ2n) is 4.12. The summed E-state index contributed by atoms with van der Waals surface area (Å²) in [6, 6.07) is 2.29. The van der Waals surface area contributed by atoms with Gasteiger partial charge in [-0.05, 0) is 32.8 Å². The molecule has 0 N–H and O–H groups in total. The van der Waals surface area contributed by atoms with Crippen molar-refractivity contribution in [3.05, 3.63) is 36.5 Å². The van der Waals surface area contributed by atoms with Gasteiger partial charge in [0.05, 0.1) is 11.5 Å². The van der Waals surface area contributed by atoms with Gasteiger partial charge in [0.25, 0.3) is 0 Å². The molecule has 82 valence electrons. The number of nitriles is 1. The van der Waals surface area contributed by atoms with Gasteiger partial charge in [0.1, 0.15) is 0 Å². The first-order chi connectivity index (χ1) is 6.96. The van der Waals surface area contributed by atoms with Crippen LogP contribution >= 0.6 is 12.6 Å². The second-order valence-corrected chi connectivity index (χ2v) is 4.74. The molecule has 2 heteroatoms. The van der Waals surface area contributed by atoms with E-state index in [4.69, 9.17) is 5.26 Å². The van der Waals surface area contributed by atoms with E-state index in [1.807, 2.05) is 39.0 Å². The van der Waals surface area contributed by atoms with E-state index < -0.39 is 0 Å². The van der Waals surface area contributed by atoms with Gasteiger partial charge in [-0.1, -0.05) is 30.9 Å². The Labute approximate surface area is 98.6 Å². The molecule has 0 rings (SSSR count). The number of hydrogen-bond donors (Lipinski definition) is 1. The third kappa shape index (κ3) is 5.49. The van der Waals surface area contributed by atoms with E-state index in [-0.39, 0.29) is 10.7 Å². The van der Waals surface area contributed by atoms with E-state index in [9.17, 15) is 0 Å². The molecule has 0 aromatic heterocycles. The van der Waals surface area contributed by atoms with Gasteiger partial charge in [0.2, 0.25) is 0 Å². The highest BCUT2D eigenvalue weighted by molar-refractivity contribution is 7.81. The van der Waals surface area contributed by atoms with Crippen LogP contribution in [-0.2, 0) is 0 Å². The molecule has 0 saturated carbocycles. The Kier molecular flexibility index (Phi) is 6.12. The SMILES string of the molecule is C=C/C=C(\C=C/C)C(S)CC(C)(C)C#N. The van der Waals surface area contributed by atoms with E-state index in [1.54, 1.807) is 6.08 Å². The van der Waals surface area contributed by atoms with Crippen molar-refractivity contribution in [2.45, 2.75) is 32.4 Å². The molecule has 1 atom stereocenters. The molecule has 0 aromatic carbocycles. The lowest BCUT2D eigenvalue weighted by molar-refractivity contribution is 0.459. The summed E-state index contributed by atoms with van der Waals surface area (Å²) in [4.78, 5) is 0. The lowest BCUT2D eigenvalue weighted by atomic mass is 9.87. The van der Waals surface area contributed by atoms with E-state index in [1.165, 1.54) is 0 Å². The fraction of sp³-hybridized carbons (Fsp3) is 0.462. The van der Waals surface area contributed by atoms with Gasteiger partial charge in [-0.2, -0.15) is 17.9 Å². The van der Waals surface area contributed by atoms with Gasteiger partial charge in [0.15, 0.2) is 0 Å². The number of hydrogen-bond acceptors (Lipinski definition) is 2. The van der Waals surface area contributed by atoms with Crippen molar-refractivity contribution in [2.24, 2.45) is 5.41 Å². The zero-order valence-corrected chi connectivity index (χ0v) is 10.6. The number of rotatable bonds is 5. The Bertz CT molecular complexity index is 305. The van der Waals surface area contributed by atoms with Gasteiger partial charge in [-0.25, -0.2) is 0 Å². The zero-order chi connectivity index (χ0) is 11.9. The molecule has 0 bridgehead atoms. The molecule has 0 aliphatic heterocycles. The minimum atomic E-state index is -0.339. The molecule has 1 unspecified atom stereocenters. The van der Waals surface area contributed by atoms with Gasteiger partial charge in [-0.3, -0.25) is 0 Å². The molecule has 0 spiro atoms. The third-order valence-electron chi connectivity index (χ3n) is 2.06. The summed E-state index contributed by atoms with van der Waals surface area (Å²) in [6.07, 6.45) is 8.39. The Morgan fingerprint density at radius 3 is 2.60 bits per heavy atom. The summed E-state index contributed by atoms with van der Waals surface area (Å²) in [6.45, 7) is 9.49. The summed E-state index contributed by atoms with van der Waals surface area (Å²) < 4.78 is 0. The lowest BCUT2D eigenvalue weighted by Gasteiger charge is -2.20. The maximum Gasteiger partial charge on any atom is 0.0684 e. The summed E-state index contributed by atoms with van der Waals surface area (Å²) >= 11 is 4.52. The maximum atomic E-state index is 8.94. The van der Waals surface area contributed by atoms with Crippen LogP contribution in [0.5, 0.6) is 0 Å². The number of nitrogens with zero attached hydrogens (tertiary/aromatic N) is 1. The Hall–Kier alpha value is -0.940. The fourth-order valence-corrected chi connectivity index (χ4v) is 1.88. The van der Waals surface area contributed by atoms with Crippen molar-refractivity contribution in [3.8, 4) is 6.07 Å². The van der Waals surface area contributed by atoms with Crippen LogP contribution < -0.4 is 0 Å². The molecule has 1 nitrogen and oxygen atoms in total. The third-order valence-corrected chi connectivity index (χ3v) is 2.54. The highest BCUT2D eigenvalue weighted by atomic mass is 32.1. The highest BCUT2D eigenvalue weighted by Gasteiger charge is 2.21. The van der Waals surface area contributed by atoms with Gasteiger partial charge in [0, 0.05) is 5.25 Å². The predicted molar refractivity (Wildman–Crippen MR) is 69.9 cm³/mol. The first kappa shape index (κ1) is 14.1. The van der Waals surface area contributed by atoms with Gasteiger partial charge >= 0.3 is 0 Å². The van der Waals surface area contributed by atoms with E-state index in [0.29, 0.717) is 0 Å². The van der Waals surface area contributed by atoms with Crippen molar-refractivity contribution >= 4 is 12.6 Å². The Balaban J connectivity index is 4.68. The first-order valence-electron chi connectivity index (χ1n) is 5.01. The average Bonchev–Trinajstić information content (AvgIpc) is 2.17. The quantitative estimate of drug-likeness (QED) is 0.552. The van der Waals surface area contributed by atoms with E-state index in [0.717, 1.165) is 12.0 Å². The van der Waals surface area contributed by atoms with Crippen LogP contribution in [0, 0.1) is 16.7 Å². The molecule has 0 amide bonds. The highest BCUT2D eigenvalue weighted by Crippen LogP contribution is 2.27. The smallest absolute Gasteiger partial charge is 0.0684 e. The monoisotopic (exact) mass is 221 g/mol. The lowest BCUT2D eigenvalue weighted by Crippen LogP contribution is -2.16. The fourth-order valence-electron chi connectivity index (χ4n) is 1.25. The number of thiol groups is 1. The van der Waals surface area contributed by atoms with Crippen LogP contribution in [0.3, 0.4) is 0 Å². The van der Waals surface area contributed by atoms with Gasteiger partial charge in [-0.15, -0.1) is 0 Å². The van der Waals surface area contributed by atoms with Crippen molar-refractivity contribution in [1.29, 1.82) is 5.26 Å². The van der Waals surface area contributed by atoms with Crippen LogP contribution in [0.15, 0.2) is 36.5 Å². The summed E-state index contributed by atoms with van der Waals surface area (Å²) in [5.74, 6) is 0. The van der Waals surface area contributed by atoms with Crippen LogP contribution in [-0.4, -0.2) is 5.25 Å². The molecular weight excluding hydrogens is 202 g/mol. The standard InChI is InChI=1S/C13H19NS/c1-5-7-11(8-6-2)12(15)9-13(3,4)10-14/h5-8,12,15H,1,9H2,2-4H3/b8-6-,11-7+. The molecular formula is C13H19NS. The molecule has 15 heavy (non-hydrogen) atoms.